The summed E-state index contributed by atoms with van der Waals surface area (Å²) in [5.41, 5.74) is 1.70. The minimum atomic E-state index is -0.0151. The van der Waals surface area contributed by atoms with Gasteiger partial charge in [-0.15, -0.1) is 0 Å². The number of likely N-dealkylation sites (N-methyl/N-ethyl adjacent to an activating group) is 1. The lowest BCUT2D eigenvalue weighted by Gasteiger charge is -2.17. The van der Waals surface area contributed by atoms with Gasteiger partial charge in [-0.1, -0.05) is 30.3 Å². The highest BCUT2D eigenvalue weighted by atomic mass is 16.5. The molecular formula is C24H31N3O3. The van der Waals surface area contributed by atoms with E-state index in [9.17, 15) is 9.59 Å². The Kier molecular flexibility index (Phi) is 8.27. The number of amides is 2. The molecule has 0 saturated carbocycles. The molecule has 160 valence electrons. The molecule has 0 aliphatic carbocycles. The van der Waals surface area contributed by atoms with Crippen LogP contribution in [0, 0.1) is 0 Å². The maximum Gasteiger partial charge on any atom is 0.253 e. The highest BCUT2D eigenvalue weighted by molar-refractivity contribution is 5.94. The second-order valence-electron chi connectivity index (χ2n) is 7.73. The number of ether oxygens (including phenoxy) is 1. The SMILES string of the molecule is CN(CCCOc1ccccc1)CC(=O)NCc1ccc(C(=O)N2CCCC2)cc1. The van der Waals surface area contributed by atoms with Gasteiger partial charge in [0.05, 0.1) is 13.2 Å². The highest BCUT2D eigenvalue weighted by Crippen LogP contribution is 2.13. The van der Waals surface area contributed by atoms with Gasteiger partial charge in [0.15, 0.2) is 0 Å². The van der Waals surface area contributed by atoms with E-state index in [1.165, 1.54) is 0 Å². The summed E-state index contributed by atoms with van der Waals surface area (Å²) in [7, 11) is 1.93. The summed E-state index contributed by atoms with van der Waals surface area (Å²) in [6.07, 6.45) is 3.03. The molecule has 1 aliphatic rings. The van der Waals surface area contributed by atoms with E-state index in [0.717, 1.165) is 50.2 Å². The maximum absolute atomic E-state index is 12.4. The molecule has 1 saturated heterocycles. The van der Waals surface area contributed by atoms with Gasteiger partial charge < -0.3 is 15.0 Å². The average molecular weight is 410 g/mol. The quantitative estimate of drug-likeness (QED) is 0.613. The summed E-state index contributed by atoms with van der Waals surface area (Å²) >= 11 is 0. The van der Waals surface area contributed by atoms with Crippen LogP contribution in [0.4, 0.5) is 0 Å². The molecule has 1 aliphatic heterocycles. The van der Waals surface area contributed by atoms with Crippen LogP contribution < -0.4 is 10.1 Å². The minimum Gasteiger partial charge on any atom is -0.494 e. The van der Waals surface area contributed by atoms with Crippen LogP contribution in [0.3, 0.4) is 0 Å². The molecule has 30 heavy (non-hydrogen) atoms. The van der Waals surface area contributed by atoms with Crippen molar-refractivity contribution >= 4 is 11.8 Å². The molecule has 0 bridgehead atoms. The fourth-order valence-corrected chi connectivity index (χ4v) is 3.49. The Morgan fingerprint density at radius 3 is 2.43 bits per heavy atom. The Balaban J connectivity index is 1.32. The van der Waals surface area contributed by atoms with Crippen LogP contribution in [0.25, 0.3) is 0 Å². The normalized spacial score (nSPS) is 13.5. The number of carbonyl (C=O) groups is 2. The zero-order chi connectivity index (χ0) is 21.2. The Bertz CT molecular complexity index is 802. The van der Waals surface area contributed by atoms with Crippen molar-refractivity contribution in [1.29, 1.82) is 0 Å². The fraction of sp³-hybridized carbons (Fsp3) is 0.417. The Hall–Kier alpha value is -2.86. The van der Waals surface area contributed by atoms with Gasteiger partial charge in [0.1, 0.15) is 5.75 Å². The molecule has 1 heterocycles. The van der Waals surface area contributed by atoms with Crippen molar-refractivity contribution in [2.75, 3.05) is 39.8 Å². The average Bonchev–Trinajstić information content (AvgIpc) is 3.31. The molecule has 6 nitrogen and oxygen atoms in total. The first-order chi connectivity index (χ1) is 14.6. The third-order valence-electron chi connectivity index (χ3n) is 5.19. The first-order valence-corrected chi connectivity index (χ1v) is 10.6. The molecule has 1 fully saturated rings. The molecule has 0 spiro atoms. The standard InChI is InChI=1S/C24H31N3O3/c1-26(14-7-17-30-22-8-3-2-4-9-22)19-23(28)25-18-20-10-12-21(13-11-20)24(29)27-15-5-6-16-27/h2-4,8-13H,5-7,14-19H2,1H3,(H,25,28). The van der Waals surface area contributed by atoms with Crippen molar-refractivity contribution in [3.63, 3.8) is 0 Å². The second-order valence-corrected chi connectivity index (χ2v) is 7.73. The number of rotatable bonds is 10. The maximum atomic E-state index is 12.4. The lowest BCUT2D eigenvalue weighted by atomic mass is 10.1. The van der Waals surface area contributed by atoms with Gasteiger partial charge >= 0.3 is 0 Å². The Morgan fingerprint density at radius 2 is 1.73 bits per heavy atom. The van der Waals surface area contributed by atoms with Crippen LogP contribution in [0.2, 0.25) is 0 Å². The molecular weight excluding hydrogens is 378 g/mol. The third-order valence-corrected chi connectivity index (χ3v) is 5.19. The highest BCUT2D eigenvalue weighted by Gasteiger charge is 2.19. The Labute approximate surface area is 178 Å². The predicted octanol–water partition coefficient (Wildman–Crippen LogP) is 2.94. The van der Waals surface area contributed by atoms with Crippen molar-refractivity contribution in [1.82, 2.24) is 15.1 Å². The lowest BCUT2D eigenvalue weighted by molar-refractivity contribution is -0.122. The predicted molar refractivity (Wildman–Crippen MR) is 117 cm³/mol. The topological polar surface area (TPSA) is 61.9 Å². The van der Waals surface area contributed by atoms with Gasteiger partial charge in [0.2, 0.25) is 5.91 Å². The summed E-state index contributed by atoms with van der Waals surface area (Å²) in [6.45, 7) is 3.91. The van der Waals surface area contributed by atoms with E-state index < -0.39 is 0 Å². The summed E-state index contributed by atoms with van der Waals surface area (Å²) < 4.78 is 5.67. The number of likely N-dealkylation sites (tertiary alicyclic amines) is 1. The number of nitrogens with zero attached hydrogens (tertiary/aromatic N) is 2. The first kappa shape index (κ1) is 21.8. The number of benzene rings is 2. The van der Waals surface area contributed by atoms with Crippen LogP contribution >= 0.6 is 0 Å². The largest absolute Gasteiger partial charge is 0.494 e. The van der Waals surface area contributed by atoms with Gasteiger partial charge in [-0.25, -0.2) is 0 Å². The van der Waals surface area contributed by atoms with E-state index in [2.05, 4.69) is 5.32 Å². The molecule has 1 N–H and O–H groups in total. The van der Waals surface area contributed by atoms with Gasteiger partial charge in [0, 0.05) is 31.7 Å². The molecule has 2 amide bonds. The summed E-state index contributed by atoms with van der Waals surface area (Å²) in [5.74, 6) is 0.950. The molecule has 0 unspecified atom stereocenters. The molecule has 2 aromatic carbocycles. The number of para-hydroxylation sites is 1. The number of carbonyl (C=O) groups excluding carboxylic acids is 2. The zero-order valence-corrected chi connectivity index (χ0v) is 17.7. The minimum absolute atomic E-state index is 0.0151. The summed E-state index contributed by atoms with van der Waals surface area (Å²) in [4.78, 5) is 28.4. The van der Waals surface area contributed by atoms with Gasteiger partial charge in [-0.3, -0.25) is 14.5 Å². The number of nitrogens with one attached hydrogen (secondary N) is 1. The Morgan fingerprint density at radius 1 is 1.03 bits per heavy atom. The monoisotopic (exact) mass is 409 g/mol. The van der Waals surface area contributed by atoms with Crippen LogP contribution in [0.5, 0.6) is 5.75 Å². The number of hydrogen-bond acceptors (Lipinski definition) is 4. The van der Waals surface area contributed by atoms with E-state index >= 15 is 0 Å². The van der Waals surface area contributed by atoms with E-state index in [4.69, 9.17) is 4.74 Å². The van der Waals surface area contributed by atoms with Crippen LogP contribution in [-0.2, 0) is 11.3 Å². The van der Waals surface area contributed by atoms with Crippen molar-refractivity contribution in [2.24, 2.45) is 0 Å². The van der Waals surface area contributed by atoms with Gasteiger partial charge in [-0.05, 0) is 56.1 Å². The number of hydrogen-bond donors (Lipinski definition) is 1. The molecule has 0 atom stereocenters. The fourth-order valence-electron chi connectivity index (χ4n) is 3.49. The van der Waals surface area contributed by atoms with E-state index in [1.807, 2.05) is 71.4 Å². The molecule has 2 aromatic rings. The van der Waals surface area contributed by atoms with Crippen molar-refractivity contribution in [3.05, 3.63) is 65.7 Å². The van der Waals surface area contributed by atoms with Crippen molar-refractivity contribution in [3.8, 4) is 5.75 Å². The smallest absolute Gasteiger partial charge is 0.253 e. The van der Waals surface area contributed by atoms with Gasteiger partial charge in [0.25, 0.3) is 5.91 Å². The summed E-state index contributed by atoms with van der Waals surface area (Å²) in [6, 6.07) is 17.2. The van der Waals surface area contributed by atoms with Gasteiger partial charge in [-0.2, -0.15) is 0 Å². The second kappa shape index (κ2) is 11.4. The third kappa shape index (κ3) is 6.88. The van der Waals surface area contributed by atoms with E-state index in [0.29, 0.717) is 25.3 Å². The van der Waals surface area contributed by atoms with Crippen molar-refractivity contribution in [2.45, 2.75) is 25.8 Å². The zero-order valence-electron chi connectivity index (χ0n) is 17.7. The lowest BCUT2D eigenvalue weighted by Crippen LogP contribution is -2.35. The van der Waals surface area contributed by atoms with Crippen LogP contribution in [-0.4, -0.2) is 61.4 Å². The van der Waals surface area contributed by atoms with Crippen molar-refractivity contribution < 1.29 is 14.3 Å². The van der Waals surface area contributed by atoms with Crippen LogP contribution in [0.1, 0.15) is 35.2 Å². The molecule has 6 heteroatoms. The van der Waals surface area contributed by atoms with Crippen LogP contribution in [0.15, 0.2) is 54.6 Å². The van der Waals surface area contributed by atoms with E-state index in [1.54, 1.807) is 0 Å². The summed E-state index contributed by atoms with van der Waals surface area (Å²) in [5, 5.41) is 2.94. The van der Waals surface area contributed by atoms with E-state index in [-0.39, 0.29) is 11.8 Å². The molecule has 0 aromatic heterocycles. The first-order valence-electron chi connectivity index (χ1n) is 10.6. The molecule has 0 radical (unpaired) electrons. The molecule has 3 rings (SSSR count).